The molecule has 2 heterocycles. The summed E-state index contributed by atoms with van der Waals surface area (Å²) in [5, 5.41) is 9.00. The number of aromatic nitrogens is 3. The summed E-state index contributed by atoms with van der Waals surface area (Å²) in [4.78, 5) is 19.2. The van der Waals surface area contributed by atoms with Crippen molar-refractivity contribution in [3.05, 3.63) is 54.2 Å². The van der Waals surface area contributed by atoms with Gasteiger partial charge < -0.3 is 5.11 Å². The molecule has 0 aliphatic rings. The molecule has 0 saturated heterocycles. The smallest absolute Gasteiger partial charge is 0.356 e. The van der Waals surface area contributed by atoms with E-state index in [1.165, 1.54) is 6.20 Å². The Labute approximate surface area is 109 Å². The minimum Gasteiger partial charge on any atom is -0.476 e. The van der Waals surface area contributed by atoms with Gasteiger partial charge in [-0.3, -0.25) is 4.40 Å². The molecule has 1 aromatic carbocycles. The highest BCUT2D eigenvalue weighted by Gasteiger charge is 2.12. The number of benzene rings is 1. The van der Waals surface area contributed by atoms with Gasteiger partial charge in [-0.25, -0.2) is 14.8 Å². The van der Waals surface area contributed by atoms with Crippen LogP contribution in [-0.4, -0.2) is 25.4 Å². The lowest BCUT2D eigenvalue weighted by Crippen LogP contribution is -1.95. The van der Waals surface area contributed by atoms with E-state index in [1.54, 1.807) is 16.9 Å². The van der Waals surface area contributed by atoms with Crippen molar-refractivity contribution in [2.24, 2.45) is 0 Å². The van der Waals surface area contributed by atoms with Crippen molar-refractivity contribution in [1.82, 2.24) is 14.4 Å². The number of aryl methyl sites for hydroxylation is 1. The largest absolute Gasteiger partial charge is 0.476 e. The van der Waals surface area contributed by atoms with Crippen molar-refractivity contribution < 1.29 is 9.90 Å². The lowest BCUT2D eigenvalue weighted by molar-refractivity contribution is 0.0691. The minimum atomic E-state index is -1.04. The first kappa shape index (κ1) is 11.4. The zero-order valence-corrected chi connectivity index (χ0v) is 10.2. The molecular weight excluding hydrogens is 242 g/mol. The summed E-state index contributed by atoms with van der Waals surface area (Å²) in [6, 6.07) is 7.94. The fourth-order valence-corrected chi connectivity index (χ4v) is 2.04. The predicted molar refractivity (Wildman–Crippen MR) is 70.1 cm³/mol. The monoisotopic (exact) mass is 253 g/mol. The Hall–Kier alpha value is -2.69. The number of carboxylic acids is 1. The van der Waals surface area contributed by atoms with Gasteiger partial charge in [-0.1, -0.05) is 29.8 Å². The molecule has 0 saturated carbocycles. The molecule has 5 nitrogen and oxygen atoms in total. The van der Waals surface area contributed by atoms with Gasteiger partial charge in [0.2, 0.25) is 0 Å². The Bertz CT molecular complexity index is 777. The number of hydrogen-bond donors (Lipinski definition) is 1. The number of rotatable bonds is 2. The molecule has 19 heavy (non-hydrogen) atoms. The van der Waals surface area contributed by atoms with Gasteiger partial charge in [-0.2, -0.15) is 0 Å². The third-order valence-corrected chi connectivity index (χ3v) is 2.92. The van der Waals surface area contributed by atoms with E-state index in [-0.39, 0.29) is 5.69 Å². The summed E-state index contributed by atoms with van der Waals surface area (Å²) in [5.41, 5.74) is 3.53. The fourth-order valence-electron chi connectivity index (χ4n) is 2.04. The molecule has 3 rings (SSSR count). The van der Waals surface area contributed by atoms with Crippen LogP contribution in [0.2, 0.25) is 0 Å². The van der Waals surface area contributed by atoms with E-state index in [4.69, 9.17) is 5.11 Å². The van der Waals surface area contributed by atoms with Gasteiger partial charge in [-0.15, -0.1) is 0 Å². The average molecular weight is 253 g/mol. The number of carboxylic acid groups (broad SMARTS) is 1. The predicted octanol–water partition coefficient (Wildman–Crippen LogP) is 2.40. The second-order valence-electron chi connectivity index (χ2n) is 4.34. The highest BCUT2D eigenvalue weighted by molar-refractivity contribution is 5.88. The van der Waals surface area contributed by atoms with Crippen LogP contribution in [0.1, 0.15) is 16.1 Å². The third-order valence-electron chi connectivity index (χ3n) is 2.92. The lowest BCUT2D eigenvalue weighted by atomic mass is 10.1. The SMILES string of the molecule is Cc1cccc(-c2cncn3cc(C(=O)O)nc23)c1. The van der Waals surface area contributed by atoms with Gasteiger partial charge in [0.1, 0.15) is 12.0 Å². The maximum atomic E-state index is 11.0. The molecule has 1 N–H and O–H groups in total. The fraction of sp³-hybridized carbons (Fsp3) is 0.0714. The maximum Gasteiger partial charge on any atom is 0.356 e. The zero-order valence-electron chi connectivity index (χ0n) is 10.2. The molecule has 3 aromatic rings. The Morgan fingerprint density at radius 2 is 2.21 bits per heavy atom. The van der Waals surface area contributed by atoms with Gasteiger partial charge in [0.05, 0.1) is 0 Å². The normalized spacial score (nSPS) is 10.8. The van der Waals surface area contributed by atoms with Gasteiger partial charge >= 0.3 is 5.97 Å². The number of imidazole rings is 1. The van der Waals surface area contributed by atoms with E-state index in [9.17, 15) is 4.79 Å². The number of aromatic carboxylic acids is 1. The molecule has 0 radical (unpaired) electrons. The van der Waals surface area contributed by atoms with Crippen LogP contribution in [0.25, 0.3) is 16.8 Å². The molecular formula is C14H11N3O2. The van der Waals surface area contributed by atoms with E-state index in [2.05, 4.69) is 9.97 Å². The average Bonchev–Trinajstić information content (AvgIpc) is 2.82. The van der Waals surface area contributed by atoms with Crippen LogP contribution < -0.4 is 0 Å². The molecule has 2 aromatic heterocycles. The van der Waals surface area contributed by atoms with E-state index < -0.39 is 5.97 Å². The van der Waals surface area contributed by atoms with E-state index in [1.807, 2.05) is 31.2 Å². The Morgan fingerprint density at radius 3 is 2.95 bits per heavy atom. The molecule has 0 unspecified atom stereocenters. The first-order valence-corrected chi connectivity index (χ1v) is 5.78. The van der Waals surface area contributed by atoms with Crippen molar-refractivity contribution in [3.63, 3.8) is 0 Å². The highest BCUT2D eigenvalue weighted by Crippen LogP contribution is 2.24. The number of nitrogens with zero attached hydrogens (tertiary/aromatic N) is 3. The Morgan fingerprint density at radius 1 is 1.37 bits per heavy atom. The van der Waals surface area contributed by atoms with Crippen LogP contribution in [0.5, 0.6) is 0 Å². The Kier molecular flexibility index (Phi) is 2.52. The topological polar surface area (TPSA) is 67.5 Å². The number of fused-ring (bicyclic) bond motifs is 1. The van der Waals surface area contributed by atoms with Crippen LogP contribution in [-0.2, 0) is 0 Å². The lowest BCUT2D eigenvalue weighted by Gasteiger charge is -2.03. The molecule has 0 atom stereocenters. The van der Waals surface area contributed by atoms with Crippen LogP contribution >= 0.6 is 0 Å². The number of carbonyl (C=O) groups is 1. The molecule has 5 heteroatoms. The number of hydrogen-bond acceptors (Lipinski definition) is 3. The molecule has 94 valence electrons. The second kappa shape index (κ2) is 4.20. The van der Waals surface area contributed by atoms with Crippen molar-refractivity contribution in [1.29, 1.82) is 0 Å². The third kappa shape index (κ3) is 1.95. The minimum absolute atomic E-state index is 0.0157. The standard InChI is InChI=1S/C14H11N3O2/c1-9-3-2-4-10(5-9)11-6-15-8-17-7-12(14(18)19)16-13(11)17/h2-8H,1H3,(H,18,19). The summed E-state index contributed by atoms with van der Waals surface area (Å²) in [6.07, 6.45) is 4.71. The van der Waals surface area contributed by atoms with Crippen molar-refractivity contribution in [2.45, 2.75) is 6.92 Å². The summed E-state index contributed by atoms with van der Waals surface area (Å²) in [6.45, 7) is 2.01. The zero-order chi connectivity index (χ0) is 13.4. The van der Waals surface area contributed by atoms with Crippen molar-refractivity contribution in [3.8, 4) is 11.1 Å². The van der Waals surface area contributed by atoms with Crippen LogP contribution in [0.15, 0.2) is 43.0 Å². The van der Waals surface area contributed by atoms with Crippen LogP contribution in [0.3, 0.4) is 0 Å². The van der Waals surface area contributed by atoms with Crippen LogP contribution in [0.4, 0.5) is 0 Å². The van der Waals surface area contributed by atoms with E-state index >= 15 is 0 Å². The Balaban J connectivity index is 2.26. The maximum absolute atomic E-state index is 11.0. The summed E-state index contributed by atoms with van der Waals surface area (Å²) in [5.74, 6) is -1.04. The van der Waals surface area contributed by atoms with Crippen molar-refractivity contribution in [2.75, 3.05) is 0 Å². The van der Waals surface area contributed by atoms with E-state index in [0.29, 0.717) is 5.65 Å². The van der Waals surface area contributed by atoms with Gasteiger partial charge in [0.15, 0.2) is 5.69 Å². The molecule has 0 fully saturated rings. The van der Waals surface area contributed by atoms with Crippen LogP contribution in [0, 0.1) is 6.92 Å². The van der Waals surface area contributed by atoms with E-state index in [0.717, 1.165) is 16.7 Å². The van der Waals surface area contributed by atoms with Gasteiger partial charge in [0, 0.05) is 18.0 Å². The first-order chi connectivity index (χ1) is 9.15. The van der Waals surface area contributed by atoms with Gasteiger partial charge in [0.25, 0.3) is 0 Å². The molecule has 0 spiro atoms. The summed E-state index contributed by atoms with van der Waals surface area (Å²) >= 11 is 0. The summed E-state index contributed by atoms with van der Waals surface area (Å²) in [7, 11) is 0. The molecule has 0 aliphatic carbocycles. The first-order valence-electron chi connectivity index (χ1n) is 5.78. The molecule has 0 amide bonds. The quantitative estimate of drug-likeness (QED) is 0.761. The molecule has 0 aliphatic heterocycles. The second-order valence-corrected chi connectivity index (χ2v) is 4.34. The molecule has 0 bridgehead atoms. The highest BCUT2D eigenvalue weighted by atomic mass is 16.4. The van der Waals surface area contributed by atoms with Gasteiger partial charge in [-0.05, 0) is 12.5 Å². The van der Waals surface area contributed by atoms with Crippen molar-refractivity contribution >= 4 is 11.6 Å². The summed E-state index contributed by atoms with van der Waals surface area (Å²) < 4.78 is 1.63.